The Hall–Kier alpha value is -3.02. The molecule has 0 spiro atoms. The number of nitrogens with zero attached hydrogens (tertiary/aromatic N) is 2. The number of nitrogens with two attached hydrogens (primary N) is 1. The van der Waals surface area contributed by atoms with Crippen LogP contribution in [0.4, 0.5) is 14.5 Å². The van der Waals surface area contributed by atoms with Crippen LogP contribution in [0.5, 0.6) is 0 Å². The van der Waals surface area contributed by atoms with Crippen molar-refractivity contribution in [2.45, 2.75) is 16.7 Å². The number of rotatable bonds is 9. The topological polar surface area (TPSA) is 119 Å². The van der Waals surface area contributed by atoms with Gasteiger partial charge in [0.25, 0.3) is 5.91 Å². The smallest absolute Gasteiger partial charge is 0.274 e. The highest BCUT2D eigenvalue weighted by atomic mass is 35.5. The zero-order valence-electron chi connectivity index (χ0n) is 19.3. The second-order valence-electron chi connectivity index (χ2n) is 8.45. The molecule has 2 aromatic rings. The minimum Gasteiger partial charge on any atom is -0.383 e. The maximum atomic E-state index is 15.1. The Morgan fingerprint density at radius 1 is 1.36 bits per heavy atom. The summed E-state index contributed by atoms with van der Waals surface area (Å²) in [6.45, 7) is -0.301. The summed E-state index contributed by atoms with van der Waals surface area (Å²) in [5, 5.41) is 5.79. The van der Waals surface area contributed by atoms with Crippen molar-refractivity contribution in [3.05, 3.63) is 70.8 Å². The lowest BCUT2D eigenvalue weighted by molar-refractivity contribution is -0.116. The summed E-state index contributed by atoms with van der Waals surface area (Å²) in [6, 6.07) is 6.85. The number of carbonyl (C=O) groups excluding carboxylic acids is 2. The average molecular weight is 536 g/mol. The van der Waals surface area contributed by atoms with Crippen LogP contribution in [0.1, 0.15) is 22.5 Å². The van der Waals surface area contributed by atoms with E-state index < -0.39 is 34.6 Å². The summed E-state index contributed by atoms with van der Waals surface area (Å²) in [6.07, 6.45) is 4.82. The molecule has 1 fully saturated rings. The molecule has 190 valence electrons. The first-order valence-electron chi connectivity index (χ1n) is 11.0. The van der Waals surface area contributed by atoms with Crippen molar-refractivity contribution in [1.29, 1.82) is 0 Å². The monoisotopic (exact) mass is 535 g/mol. The van der Waals surface area contributed by atoms with Gasteiger partial charge >= 0.3 is 0 Å². The van der Waals surface area contributed by atoms with Gasteiger partial charge in [0.05, 0.1) is 11.6 Å². The lowest BCUT2D eigenvalue weighted by Crippen LogP contribution is -2.39. The first kappa shape index (κ1) is 26.1. The Morgan fingerprint density at radius 3 is 2.86 bits per heavy atom. The van der Waals surface area contributed by atoms with Gasteiger partial charge < -0.3 is 21.1 Å². The van der Waals surface area contributed by atoms with Gasteiger partial charge in [0.15, 0.2) is 5.17 Å². The van der Waals surface area contributed by atoms with E-state index in [0.717, 1.165) is 6.07 Å². The number of nitrogens with one attached hydrogen (secondary N) is 2. The Bertz CT molecular complexity index is 1230. The normalized spacial score (nSPS) is 24.7. The summed E-state index contributed by atoms with van der Waals surface area (Å²) in [4.78, 5) is 33.0. The summed E-state index contributed by atoms with van der Waals surface area (Å²) >= 11 is 7.04. The van der Waals surface area contributed by atoms with Gasteiger partial charge in [-0.05, 0) is 36.8 Å². The van der Waals surface area contributed by atoms with Crippen LogP contribution >= 0.6 is 23.4 Å². The number of benzene rings is 1. The van der Waals surface area contributed by atoms with Crippen molar-refractivity contribution in [3.63, 3.8) is 0 Å². The summed E-state index contributed by atoms with van der Waals surface area (Å²) in [5.74, 6) is -2.00. The SMILES string of the molecule is COCCNC(=O)/C=C/[C@]12CC1[C@@](CF)(c1cc(NC(=O)c3ccc(Cl)cn3)ccc1F)N=C(N)S2. The molecule has 2 heterocycles. The van der Waals surface area contributed by atoms with Gasteiger partial charge in [-0.15, -0.1) is 0 Å². The van der Waals surface area contributed by atoms with Crippen LogP contribution in [-0.2, 0) is 15.1 Å². The Morgan fingerprint density at radius 2 is 2.17 bits per heavy atom. The maximum Gasteiger partial charge on any atom is 0.274 e. The number of alkyl halides is 1. The third-order valence-corrected chi connectivity index (χ3v) is 7.60. The van der Waals surface area contributed by atoms with Gasteiger partial charge in [-0.3, -0.25) is 9.59 Å². The second-order valence-corrected chi connectivity index (χ2v) is 10.3. The van der Waals surface area contributed by atoms with Gasteiger partial charge in [-0.2, -0.15) is 0 Å². The van der Waals surface area contributed by atoms with Crippen LogP contribution in [0, 0.1) is 11.7 Å². The summed E-state index contributed by atoms with van der Waals surface area (Å²) < 4.78 is 34.1. The highest BCUT2D eigenvalue weighted by Crippen LogP contribution is 2.66. The van der Waals surface area contributed by atoms with Crippen LogP contribution in [0.3, 0.4) is 0 Å². The Kier molecular flexibility index (Phi) is 7.62. The minimum absolute atomic E-state index is 0.0278. The number of carbonyl (C=O) groups is 2. The molecule has 1 saturated carbocycles. The van der Waals surface area contributed by atoms with Gasteiger partial charge in [-0.1, -0.05) is 29.4 Å². The number of thioether (sulfide) groups is 1. The molecule has 1 unspecified atom stereocenters. The number of halogens is 3. The van der Waals surface area contributed by atoms with E-state index in [1.807, 2.05) is 0 Å². The zero-order valence-corrected chi connectivity index (χ0v) is 20.8. The number of pyridine rings is 1. The molecule has 1 aromatic carbocycles. The first-order chi connectivity index (χ1) is 17.2. The van der Waals surface area contributed by atoms with E-state index in [0.29, 0.717) is 24.6 Å². The number of amides is 2. The highest BCUT2D eigenvalue weighted by Gasteiger charge is 2.67. The van der Waals surface area contributed by atoms with E-state index in [-0.39, 0.29) is 28.0 Å². The first-order valence-corrected chi connectivity index (χ1v) is 12.2. The second kappa shape index (κ2) is 10.5. The number of fused-ring (bicyclic) bond motifs is 1. The molecule has 0 radical (unpaired) electrons. The molecule has 1 aliphatic heterocycles. The van der Waals surface area contributed by atoms with E-state index >= 15 is 4.39 Å². The van der Waals surface area contributed by atoms with E-state index in [9.17, 15) is 14.0 Å². The molecule has 3 atom stereocenters. The number of hydrogen-bond acceptors (Lipinski definition) is 7. The van der Waals surface area contributed by atoms with E-state index in [4.69, 9.17) is 22.1 Å². The summed E-state index contributed by atoms with van der Waals surface area (Å²) in [7, 11) is 1.53. The Balaban J connectivity index is 1.60. The molecule has 0 bridgehead atoms. The largest absolute Gasteiger partial charge is 0.383 e. The van der Waals surface area contributed by atoms with Crippen LogP contribution in [0.15, 0.2) is 53.7 Å². The van der Waals surface area contributed by atoms with Crippen molar-refractivity contribution in [1.82, 2.24) is 10.3 Å². The van der Waals surface area contributed by atoms with Crippen molar-refractivity contribution in [2.24, 2.45) is 16.6 Å². The molecule has 1 aromatic heterocycles. The molecule has 1 aliphatic carbocycles. The van der Waals surface area contributed by atoms with E-state index in [2.05, 4.69) is 20.6 Å². The van der Waals surface area contributed by atoms with Gasteiger partial charge in [-0.25, -0.2) is 18.8 Å². The predicted molar refractivity (Wildman–Crippen MR) is 135 cm³/mol. The number of anilines is 1. The fraction of sp³-hybridized carbons (Fsp3) is 0.333. The number of ether oxygens (including phenoxy) is 1. The molecular formula is C24H24ClF2N5O3S. The van der Waals surface area contributed by atoms with Crippen molar-refractivity contribution in [3.8, 4) is 0 Å². The van der Waals surface area contributed by atoms with Gasteiger partial charge in [0, 0.05) is 47.8 Å². The number of hydrogen-bond donors (Lipinski definition) is 3. The van der Waals surface area contributed by atoms with Gasteiger partial charge in [0.1, 0.15) is 23.7 Å². The molecule has 36 heavy (non-hydrogen) atoms. The molecule has 8 nitrogen and oxygen atoms in total. The third-order valence-electron chi connectivity index (χ3n) is 6.11. The lowest BCUT2D eigenvalue weighted by atomic mass is 9.84. The standard InChI is InChI=1S/C24H24ClF2N5O3S/c1-35-9-8-29-20(33)6-7-23-11-19(23)24(13-26,32-22(28)36-23)16-10-15(3-4-17(16)27)31-21(34)18-5-2-14(25)12-30-18/h2-7,10,12,19H,8-9,11,13H2,1H3,(H2,28,32)(H,29,33)(H,31,34)/b7-6+/t19?,23-,24+/m0/s1. The van der Waals surface area contributed by atoms with E-state index in [1.54, 1.807) is 6.08 Å². The quantitative estimate of drug-likeness (QED) is 0.334. The van der Waals surface area contributed by atoms with Crippen molar-refractivity contribution in [2.75, 3.05) is 32.3 Å². The number of amidine groups is 1. The number of methoxy groups -OCH3 is 1. The zero-order chi connectivity index (χ0) is 25.9. The molecular weight excluding hydrogens is 512 g/mol. The summed E-state index contributed by atoms with van der Waals surface area (Å²) in [5.41, 5.74) is 4.79. The van der Waals surface area contributed by atoms with E-state index in [1.165, 1.54) is 55.4 Å². The molecule has 2 amide bonds. The fourth-order valence-electron chi connectivity index (χ4n) is 4.29. The van der Waals surface area contributed by atoms with Crippen LogP contribution in [0.2, 0.25) is 5.02 Å². The van der Waals surface area contributed by atoms with Crippen LogP contribution in [0.25, 0.3) is 0 Å². The molecule has 0 saturated heterocycles. The maximum absolute atomic E-state index is 15.1. The molecule has 4 N–H and O–H groups in total. The number of aliphatic imine (C=N–C) groups is 1. The Labute approximate surface area is 215 Å². The predicted octanol–water partition coefficient (Wildman–Crippen LogP) is 3.43. The number of aromatic nitrogens is 1. The fourth-order valence-corrected chi connectivity index (χ4v) is 5.72. The van der Waals surface area contributed by atoms with Crippen LogP contribution in [-0.4, -0.2) is 53.6 Å². The minimum atomic E-state index is -1.60. The van der Waals surface area contributed by atoms with Gasteiger partial charge in [0.2, 0.25) is 5.91 Å². The average Bonchev–Trinajstić information content (AvgIpc) is 3.59. The van der Waals surface area contributed by atoms with Crippen molar-refractivity contribution < 1.29 is 23.1 Å². The molecule has 4 rings (SSSR count). The lowest BCUT2D eigenvalue weighted by Gasteiger charge is -2.34. The highest BCUT2D eigenvalue weighted by molar-refractivity contribution is 8.15. The molecule has 2 aliphatic rings. The van der Waals surface area contributed by atoms with Crippen molar-refractivity contribution >= 4 is 46.0 Å². The molecule has 12 heteroatoms. The van der Waals surface area contributed by atoms with Crippen LogP contribution < -0.4 is 16.4 Å². The third kappa shape index (κ3) is 5.23.